The van der Waals surface area contributed by atoms with Crippen molar-refractivity contribution in [1.82, 2.24) is 24.9 Å². The van der Waals surface area contributed by atoms with Gasteiger partial charge in [0.25, 0.3) is 17.5 Å². The van der Waals surface area contributed by atoms with Crippen LogP contribution in [0.25, 0.3) is 16.7 Å². The summed E-state index contributed by atoms with van der Waals surface area (Å²) in [4.78, 5) is 32.6. The Morgan fingerprint density at radius 2 is 2.00 bits per heavy atom. The van der Waals surface area contributed by atoms with Crippen LogP contribution >= 0.6 is 0 Å². The van der Waals surface area contributed by atoms with Crippen molar-refractivity contribution in [3.63, 3.8) is 0 Å². The van der Waals surface area contributed by atoms with Gasteiger partial charge in [0.05, 0.1) is 6.04 Å². The SMILES string of the molecule is Cc1cc(C)n2nc(C(=O)OCC(=O)N[C@H](C)c3cc4ccccc4o3)nc2n1. The maximum atomic E-state index is 12.2. The summed E-state index contributed by atoms with van der Waals surface area (Å²) in [5.74, 6) is -0.481. The fourth-order valence-corrected chi connectivity index (χ4v) is 3.02. The first kappa shape index (κ1) is 18.6. The van der Waals surface area contributed by atoms with Crippen molar-refractivity contribution in [2.24, 2.45) is 0 Å². The Morgan fingerprint density at radius 3 is 2.79 bits per heavy atom. The first-order valence-electron chi connectivity index (χ1n) is 9.06. The van der Waals surface area contributed by atoms with Crippen LogP contribution in [-0.4, -0.2) is 38.1 Å². The van der Waals surface area contributed by atoms with Crippen molar-refractivity contribution in [2.75, 3.05) is 6.61 Å². The van der Waals surface area contributed by atoms with Gasteiger partial charge >= 0.3 is 5.97 Å². The summed E-state index contributed by atoms with van der Waals surface area (Å²) in [7, 11) is 0. The lowest BCUT2D eigenvalue weighted by atomic mass is 10.2. The third-order valence-electron chi connectivity index (χ3n) is 4.38. The van der Waals surface area contributed by atoms with Crippen molar-refractivity contribution in [1.29, 1.82) is 0 Å². The van der Waals surface area contributed by atoms with E-state index in [-0.39, 0.29) is 11.9 Å². The van der Waals surface area contributed by atoms with Crippen LogP contribution in [0.3, 0.4) is 0 Å². The molecule has 0 aliphatic carbocycles. The number of amides is 1. The highest BCUT2D eigenvalue weighted by molar-refractivity contribution is 5.88. The van der Waals surface area contributed by atoms with E-state index in [1.165, 1.54) is 4.52 Å². The van der Waals surface area contributed by atoms with E-state index in [9.17, 15) is 9.59 Å². The molecule has 0 spiro atoms. The number of benzene rings is 1. The summed E-state index contributed by atoms with van der Waals surface area (Å²) in [5.41, 5.74) is 2.30. The van der Waals surface area contributed by atoms with Gasteiger partial charge in [0.2, 0.25) is 0 Å². The van der Waals surface area contributed by atoms with E-state index in [1.54, 1.807) is 6.92 Å². The van der Waals surface area contributed by atoms with Gasteiger partial charge < -0.3 is 14.5 Å². The Morgan fingerprint density at radius 1 is 1.21 bits per heavy atom. The Hall–Kier alpha value is -3.75. The summed E-state index contributed by atoms with van der Waals surface area (Å²) in [6.07, 6.45) is 0. The Kier molecular flexibility index (Phi) is 4.71. The molecule has 0 aliphatic heterocycles. The Balaban J connectivity index is 1.37. The molecule has 3 heterocycles. The summed E-state index contributed by atoms with van der Waals surface area (Å²) in [6, 6.07) is 10.9. The molecule has 0 radical (unpaired) electrons. The highest BCUT2D eigenvalue weighted by Crippen LogP contribution is 2.23. The van der Waals surface area contributed by atoms with Gasteiger partial charge in [0.1, 0.15) is 11.3 Å². The number of furan rings is 1. The van der Waals surface area contributed by atoms with Gasteiger partial charge in [-0.2, -0.15) is 4.98 Å². The van der Waals surface area contributed by atoms with E-state index in [4.69, 9.17) is 9.15 Å². The highest BCUT2D eigenvalue weighted by Gasteiger charge is 2.19. The zero-order chi connectivity index (χ0) is 20.5. The lowest BCUT2D eigenvalue weighted by Crippen LogP contribution is -2.31. The fourth-order valence-electron chi connectivity index (χ4n) is 3.02. The number of rotatable bonds is 5. The molecule has 1 amide bonds. The molecular formula is C20H19N5O4. The average molecular weight is 393 g/mol. The largest absolute Gasteiger partial charge is 0.459 e. The van der Waals surface area contributed by atoms with Gasteiger partial charge in [-0.1, -0.05) is 18.2 Å². The number of aryl methyl sites for hydroxylation is 2. The van der Waals surface area contributed by atoms with Crippen molar-refractivity contribution in [3.05, 3.63) is 59.4 Å². The zero-order valence-corrected chi connectivity index (χ0v) is 16.2. The smallest absolute Gasteiger partial charge is 0.378 e. The molecule has 9 heteroatoms. The molecule has 1 aromatic carbocycles. The molecule has 0 bridgehead atoms. The number of hydrogen-bond donors (Lipinski definition) is 1. The van der Waals surface area contributed by atoms with E-state index < -0.39 is 18.5 Å². The van der Waals surface area contributed by atoms with Gasteiger partial charge in [-0.3, -0.25) is 4.79 Å². The molecule has 1 N–H and O–H groups in total. The number of fused-ring (bicyclic) bond motifs is 2. The molecule has 4 aromatic rings. The van der Waals surface area contributed by atoms with Crippen molar-refractivity contribution in [3.8, 4) is 0 Å². The molecule has 9 nitrogen and oxygen atoms in total. The summed E-state index contributed by atoms with van der Waals surface area (Å²) >= 11 is 0. The molecule has 148 valence electrons. The van der Waals surface area contributed by atoms with Crippen LogP contribution in [-0.2, 0) is 9.53 Å². The first-order chi connectivity index (χ1) is 13.9. The van der Waals surface area contributed by atoms with E-state index in [2.05, 4.69) is 20.4 Å². The minimum absolute atomic E-state index is 0.149. The number of aromatic nitrogens is 4. The molecule has 4 rings (SSSR count). The van der Waals surface area contributed by atoms with Gasteiger partial charge in [-0.05, 0) is 39.0 Å². The number of nitrogens with zero attached hydrogens (tertiary/aromatic N) is 4. The standard InChI is InChI=1S/C20H19N5O4/c1-11-8-12(2)25-20(21-11)23-18(24-25)19(27)28-10-17(26)22-13(3)16-9-14-6-4-5-7-15(14)29-16/h4-9,13H,10H2,1-3H3,(H,22,26)/t13-/m1/s1. The zero-order valence-electron chi connectivity index (χ0n) is 16.2. The van der Waals surface area contributed by atoms with E-state index in [0.29, 0.717) is 11.5 Å². The number of hydrogen-bond acceptors (Lipinski definition) is 7. The summed E-state index contributed by atoms with van der Waals surface area (Å²) in [6.45, 7) is 4.99. The summed E-state index contributed by atoms with van der Waals surface area (Å²) < 4.78 is 12.2. The average Bonchev–Trinajstić information content (AvgIpc) is 3.30. The number of nitrogens with one attached hydrogen (secondary N) is 1. The van der Waals surface area contributed by atoms with Crippen LogP contribution in [0.5, 0.6) is 0 Å². The molecule has 0 saturated heterocycles. The van der Waals surface area contributed by atoms with Crippen LogP contribution in [0.4, 0.5) is 0 Å². The molecule has 0 saturated carbocycles. The second-order valence-corrected chi connectivity index (χ2v) is 6.74. The lowest BCUT2D eigenvalue weighted by molar-refractivity contribution is -0.125. The Bertz CT molecular complexity index is 1190. The topological polar surface area (TPSA) is 112 Å². The van der Waals surface area contributed by atoms with Crippen LogP contribution in [0, 0.1) is 13.8 Å². The number of carbonyl (C=O) groups excluding carboxylic acids is 2. The van der Waals surface area contributed by atoms with Crippen LogP contribution in [0.1, 0.15) is 40.7 Å². The van der Waals surface area contributed by atoms with E-state index in [1.807, 2.05) is 50.2 Å². The molecule has 1 atom stereocenters. The third-order valence-corrected chi connectivity index (χ3v) is 4.38. The second kappa shape index (κ2) is 7.34. The van der Waals surface area contributed by atoms with Gasteiger partial charge in [0.15, 0.2) is 6.61 Å². The summed E-state index contributed by atoms with van der Waals surface area (Å²) in [5, 5.41) is 7.78. The molecule has 0 unspecified atom stereocenters. The molecule has 3 aromatic heterocycles. The van der Waals surface area contributed by atoms with Gasteiger partial charge in [0, 0.05) is 16.8 Å². The van der Waals surface area contributed by atoms with Gasteiger partial charge in [-0.25, -0.2) is 14.3 Å². The number of ether oxygens (including phenoxy) is 1. The lowest BCUT2D eigenvalue weighted by Gasteiger charge is -2.11. The highest BCUT2D eigenvalue weighted by atomic mass is 16.5. The maximum Gasteiger partial charge on any atom is 0.378 e. The molecule has 0 aliphatic rings. The van der Waals surface area contributed by atoms with Crippen LogP contribution < -0.4 is 5.32 Å². The van der Waals surface area contributed by atoms with Crippen molar-refractivity contribution < 1.29 is 18.7 Å². The normalized spacial score (nSPS) is 12.2. The predicted molar refractivity (Wildman–Crippen MR) is 103 cm³/mol. The fraction of sp³-hybridized carbons (Fsp3) is 0.250. The number of para-hydroxylation sites is 1. The van der Waals surface area contributed by atoms with Crippen molar-refractivity contribution >= 4 is 28.6 Å². The minimum atomic E-state index is -0.793. The maximum absolute atomic E-state index is 12.2. The quantitative estimate of drug-likeness (QED) is 0.519. The van der Waals surface area contributed by atoms with Crippen LogP contribution in [0.2, 0.25) is 0 Å². The Labute approximate surface area is 165 Å². The minimum Gasteiger partial charge on any atom is -0.459 e. The van der Waals surface area contributed by atoms with Crippen molar-refractivity contribution in [2.45, 2.75) is 26.8 Å². The monoisotopic (exact) mass is 393 g/mol. The first-order valence-corrected chi connectivity index (χ1v) is 9.06. The predicted octanol–water partition coefficient (Wildman–Crippen LogP) is 2.52. The third kappa shape index (κ3) is 3.79. The molecule has 0 fully saturated rings. The molecular weight excluding hydrogens is 374 g/mol. The molecule has 29 heavy (non-hydrogen) atoms. The van der Waals surface area contributed by atoms with Crippen LogP contribution in [0.15, 0.2) is 40.8 Å². The number of carbonyl (C=O) groups is 2. The number of esters is 1. The van der Waals surface area contributed by atoms with E-state index >= 15 is 0 Å². The second-order valence-electron chi connectivity index (χ2n) is 6.74. The van der Waals surface area contributed by atoms with Gasteiger partial charge in [-0.15, -0.1) is 5.10 Å². The van der Waals surface area contributed by atoms with E-state index in [0.717, 1.165) is 22.4 Å².